The molecule has 25 heavy (non-hydrogen) atoms. The number of hydrogen-bond acceptors (Lipinski definition) is 3. The summed E-state index contributed by atoms with van der Waals surface area (Å²) in [5, 5.41) is 3.20. The van der Waals surface area contributed by atoms with Crippen LogP contribution in [0.15, 0.2) is 42.5 Å². The molecule has 0 atom stereocenters. The van der Waals surface area contributed by atoms with Crippen molar-refractivity contribution in [2.24, 2.45) is 0 Å². The van der Waals surface area contributed by atoms with Crippen molar-refractivity contribution in [2.75, 3.05) is 25.5 Å². The van der Waals surface area contributed by atoms with Crippen LogP contribution in [0, 0.1) is 0 Å². The van der Waals surface area contributed by atoms with Gasteiger partial charge in [0.25, 0.3) is 11.8 Å². The number of benzene rings is 2. The highest BCUT2D eigenvalue weighted by molar-refractivity contribution is 6.32. The average molecular weight is 359 g/mol. The lowest BCUT2D eigenvalue weighted by Gasteiger charge is -2.15. The molecule has 5 nitrogen and oxygen atoms in total. The molecule has 0 aromatic heterocycles. The molecule has 0 radical (unpaired) electrons. The van der Waals surface area contributed by atoms with Crippen LogP contribution >= 0.6 is 11.6 Å². The van der Waals surface area contributed by atoms with Gasteiger partial charge in [-0.25, -0.2) is 0 Å². The second-order valence-electron chi connectivity index (χ2n) is 5.88. The molecule has 0 aliphatic carbocycles. The molecule has 3 rings (SSSR count). The van der Waals surface area contributed by atoms with E-state index < -0.39 is 0 Å². The molecular formula is C19H19ClN2O3. The number of nitrogens with zero attached hydrogens (tertiary/aromatic N) is 1. The fourth-order valence-corrected chi connectivity index (χ4v) is 3.07. The molecule has 1 heterocycles. The number of rotatable bonds is 4. The second kappa shape index (κ2) is 7.57. The zero-order chi connectivity index (χ0) is 17.8. The Labute approximate surface area is 151 Å². The smallest absolute Gasteiger partial charge is 0.255 e. The van der Waals surface area contributed by atoms with E-state index in [9.17, 15) is 9.59 Å². The summed E-state index contributed by atoms with van der Waals surface area (Å²) in [7, 11) is 1.53. The molecule has 0 unspecified atom stereocenters. The van der Waals surface area contributed by atoms with Gasteiger partial charge in [0.1, 0.15) is 5.75 Å². The predicted molar refractivity (Wildman–Crippen MR) is 97.5 cm³/mol. The molecule has 1 N–H and O–H groups in total. The number of nitrogens with one attached hydrogen (secondary N) is 1. The van der Waals surface area contributed by atoms with Gasteiger partial charge in [0, 0.05) is 29.9 Å². The monoisotopic (exact) mass is 358 g/mol. The highest BCUT2D eigenvalue weighted by atomic mass is 35.5. The second-order valence-corrected chi connectivity index (χ2v) is 6.29. The van der Waals surface area contributed by atoms with Crippen molar-refractivity contribution in [2.45, 2.75) is 12.8 Å². The SMILES string of the molecule is COc1ccc(NC(=O)c2ccc(C(=O)N3CCCC3)cc2)cc1Cl. The van der Waals surface area contributed by atoms with E-state index in [-0.39, 0.29) is 11.8 Å². The predicted octanol–water partition coefficient (Wildman–Crippen LogP) is 3.84. The number of carbonyl (C=O) groups excluding carboxylic acids is 2. The number of likely N-dealkylation sites (tertiary alicyclic amines) is 1. The molecule has 0 spiro atoms. The summed E-state index contributed by atoms with van der Waals surface area (Å²) in [5.74, 6) is 0.303. The summed E-state index contributed by atoms with van der Waals surface area (Å²) < 4.78 is 5.09. The van der Waals surface area contributed by atoms with Crippen molar-refractivity contribution in [1.82, 2.24) is 4.90 Å². The van der Waals surface area contributed by atoms with Crippen molar-refractivity contribution in [3.63, 3.8) is 0 Å². The van der Waals surface area contributed by atoms with E-state index in [1.165, 1.54) is 7.11 Å². The maximum Gasteiger partial charge on any atom is 0.255 e. The van der Waals surface area contributed by atoms with E-state index in [0.29, 0.717) is 27.6 Å². The molecule has 1 fully saturated rings. The zero-order valence-corrected chi connectivity index (χ0v) is 14.7. The van der Waals surface area contributed by atoms with Gasteiger partial charge < -0.3 is 15.0 Å². The molecule has 2 aromatic rings. The van der Waals surface area contributed by atoms with Crippen molar-refractivity contribution >= 4 is 29.1 Å². The molecular weight excluding hydrogens is 340 g/mol. The largest absolute Gasteiger partial charge is 0.495 e. The number of anilines is 1. The van der Waals surface area contributed by atoms with Crippen LogP contribution in [0.25, 0.3) is 0 Å². The summed E-state index contributed by atoms with van der Waals surface area (Å²) in [6.07, 6.45) is 2.10. The number of ether oxygens (including phenoxy) is 1. The first-order chi connectivity index (χ1) is 12.1. The van der Waals surface area contributed by atoms with Crippen LogP contribution in [0.2, 0.25) is 5.02 Å². The van der Waals surface area contributed by atoms with Gasteiger partial charge in [-0.3, -0.25) is 9.59 Å². The van der Waals surface area contributed by atoms with Gasteiger partial charge in [-0.1, -0.05) is 11.6 Å². The van der Waals surface area contributed by atoms with Crippen molar-refractivity contribution in [3.8, 4) is 5.75 Å². The molecule has 0 bridgehead atoms. The molecule has 2 aromatic carbocycles. The summed E-state index contributed by atoms with van der Waals surface area (Å²) >= 11 is 6.06. The molecule has 1 aliphatic rings. The van der Waals surface area contributed by atoms with Crippen molar-refractivity contribution in [3.05, 3.63) is 58.6 Å². The zero-order valence-electron chi connectivity index (χ0n) is 13.9. The van der Waals surface area contributed by atoms with Gasteiger partial charge in [0.15, 0.2) is 0 Å². The van der Waals surface area contributed by atoms with Crippen LogP contribution in [0.4, 0.5) is 5.69 Å². The molecule has 6 heteroatoms. The lowest BCUT2D eigenvalue weighted by atomic mass is 10.1. The first kappa shape index (κ1) is 17.3. The standard InChI is InChI=1S/C19H19ClN2O3/c1-25-17-9-8-15(12-16(17)20)21-18(23)13-4-6-14(7-5-13)19(24)22-10-2-3-11-22/h4-9,12H,2-3,10-11H2,1H3,(H,21,23). The first-order valence-electron chi connectivity index (χ1n) is 8.13. The Balaban J connectivity index is 1.68. The summed E-state index contributed by atoms with van der Waals surface area (Å²) in [6, 6.07) is 11.7. The molecule has 1 saturated heterocycles. The van der Waals surface area contributed by atoms with Gasteiger partial charge in [0.05, 0.1) is 12.1 Å². The topological polar surface area (TPSA) is 58.6 Å². The molecule has 130 valence electrons. The fraction of sp³-hybridized carbons (Fsp3) is 0.263. The quantitative estimate of drug-likeness (QED) is 0.903. The number of hydrogen-bond donors (Lipinski definition) is 1. The number of amides is 2. The van der Waals surface area contributed by atoms with Gasteiger partial charge >= 0.3 is 0 Å². The normalized spacial score (nSPS) is 13.6. The Morgan fingerprint density at radius 1 is 1.04 bits per heavy atom. The van der Waals surface area contributed by atoms with Crippen molar-refractivity contribution in [1.29, 1.82) is 0 Å². The maximum atomic E-state index is 12.3. The Kier molecular flexibility index (Phi) is 5.24. The summed E-state index contributed by atoms with van der Waals surface area (Å²) in [6.45, 7) is 1.61. The minimum absolute atomic E-state index is 0.0198. The van der Waals surface area contributed by atoms with E-state index >= 15 is 0 Å². The first-order valence-corrected chi connectivity index (χ1v) is 8.50. The number of halogens is 1. The summed E-state index contributed by atoms with van der Waals surface area (Å²) in [5.41, 5.74) is 1.66. The lowest BCUT2D eigenvalue weighted by Crippen LogP contribution is -2.27. The Bertz CT molecular complexity index is 784. The van der Waals surface area contributed by atoms with Gasteiger partial charge in [-0.2, -0.15) is 0 Å². The van der Waals surface area contributed by atoms with Crippen molar-refractivity contribution < 1.29 is 14.3 Å². The average Bonchev–Trinajstić information content (AvgIpc) is 3.16. The highest BCUT2D eigenvalue weighted by Crippen LogP contribution is 2.27. The lowest BCUT2D eigenvalue weighted by molar-refractivity contribution is 0.0792. The van der Waals surface area contributed by atoms with Crippen LogP contribution in [0.5, 0.6) is 5.75 Å². The van der Waals surface area contributed by atoms with Gasteiger partial charge in [-0.05, 0) is 55.3 Å². The van der Waals surface area contributed by atoms with E-state index in [1.807, 2.05) is 4.90 Å². The van der Waals surface area contributed by atoms with Crippen LogP contribution in [0.3, 0.4) is 0 Å². The number of methoxy groups -OCH3 is 1. The minimum atomic E-state index is -0.263. The third kappa shape index (κ3) is 3.94. The fourth-order valence-electron chi connectivity index (χ4n) is 2.81. The third-order valence-corrected chi connectivity index (χ3v) is 4.49. The van der Waals surface area contributed by atoms with Gasteiger partial charge in [-0.15, -0.1) is 0 Å². The Morgan fingerprint density at radius 3 is 2.28 bits per heavy atom. The minimum Gasteiger partial charge on any atom is -0.495 e. The Hall–Kier alpha value is -2.53. The summed E-state index contributed by atoms with van der Waals surface area (Å²) in [4.78, 5) is 26.5. The van der Waals surface area contributed by atoms with Gasteiger partial charge in [0.2, 0.25) is 0 Å². The van der Waals surface area contributed by atoms with Crippen LogP contribution in [-0.4, -0.2) is 36.9 Å². The molecule has 1 aliphatic heterocycles. The van der Waals surface area contributed by atoms with E-state index in [4.69, 9.17) is 16.3 Å². The van der Waals surface area contributed by atoms with Crippen LogP contribution in [0.1, 0.15) is 33.6 Å². The third-order valence-electron chi connectivity index (χ3n) is 4.20. The van der Waals surface area contributed by atoms with Crippen LogP contribution < -0.4 is 10.1 Å². The van der Waals surface area contributed by atoms with E-state index in [2.05, 4.69) is 5.32 Å². The highest BCUT2D eigenvalue weighted by Gasteiger charge is 2.19. The van der Waals surface area contributed by atoms with Crippen LogP contribution in [-0.2, 0) is 0 Å². The van der Waals surface area contributed by atoms with E-state index in [0.717, 1.165) is 25.9 Å². The van der Waals surface area contributed by atoms with E-state index in [1.54, 1.807) is 42.5 Å². The maximum absolute atomic E-state index is 12.3. The number of carbonyl (C=O) groups is 2. The molecule has 0 saturated carbocycles. The molecule has 2 amide bonds. The Morgan fingerprint density at radius 2 is 1.68 bits per heavy atom.